The van der Waals surface area contributed by atoms with Crippen LogP contribution in [0.3, 0.4) is 0 Å². The van der Waals surface area contributed by atoms with Gasteiger partial charge < -0.3 is 15.4 Å². The average Bonchev–Trinajstić information content (AvgIpc) is 3.41. The zero-order chi connectivity index (χ0) is 26.6. The highest BCUT2D eigenvalue weighted by Gasteiger charge is 2.34. The molecule has 0 saturated carbocycles. The number of allylic oxidation sites excluding steroid dienone is 1. The van der Waals surface area contributed by atoms with E-state index in [1.807, 2.05) is 79.7 Å². The highest BCUT2D eigenvalue weighted by molar-refractivity contribution is 6.05. The molecule has 1 aliphatic heterocycles. The molecule has 39 heavy (non-hydrogen) atoms. The van der Waals surface area contributed by atoms with Crippen molar-refractivity contribution in [3.63, 3.8) is 0 Å². The lowest BCUT2D eigenvalue weighted by Crippen LogP contribution is -2.31. The first-order valence-electron chi connectivity index (χ1n) is 12.5. The first-order valence-corrected chi connectivity index (χ1v) is 12.5. The molecule has 1 unspecified atom stereocenters. The Morgan fingerprint density at radius 2 is 1.79 bits per heavy atom. The van der Waals surface area contributed by atoms with Gasteiger partial charge in [-0.15, -0.1) is 5.10 Å². The molecule has 192 valence electrons. The number of hydrogen-bond donors (Lipinski definition) is 2. The minimum absolute atomic E-state index is 0.280. The van der Waals surface area contributed by atoms with E-state index in [0.29, 0.717) is 35.5 Å². The minimum atomic E-state index is -0.536. The molecule has 0 fully saturated rings. The van der Waals surface area contributed by atoms with E-state index in [4.69, 9.17) is 14.8 Å². The number of amides is 1. The van der Waals surface area contributed by atoms with Crippen LogP contribution in [0.1, 0.15) is 24.1 Å². The Bertz CT molecular complexity index is 1620. The number of fused-ring (bicyclic) bond motifs is 1. The Hall–Kier alpha value is -5.31. The zero-order valence-electron chi connectivity index (χ0n) is 21.2. The van der Waals surface area contributed by atoms with Crippen LogP contribution in [0.15, 0.2) is 115 Å². The number of ether oxygens (including phenoxy) is 1. The van der Waals surface area contributed by atoms with Crippen molar-refractivity contribution in [2.45, 2.75) is 19.6 Å². The number of nitrogens with zero attached hydrogens (tertiary/aromatic N) is 5. The minimum Gasteiger partial charge on any atom is -0.489 e. The molecule has 0 bridgehead atoms. The zero-order valence-corrected chi connectivity index (χ0v) is 21.2. The van der Waals surface area contributed by atoms with Crippen LogP contribution in [0, 0.1) is 0 Å². The quantitative estimate of drug-likeness (QED) is 0.305. The molecule has 0 spiro atoms. The molecule has 1 atom stereocenters. The van der Waals surface area contributed by atoms with Crippen LogP contribution in [0.25, 0.3) is 11.4 Å². The van der Waals surface area contributed by atoms with Gasteiger partial charge in [0.2, 0.25) is 5.95 Å². The Morgan fingerprint density at radius 1 is 0.974 bits per heavy atom. The van der Waals surface area contributed by atoms with Gasteiger partial charge in [-0.05, 0) is 54.4 Å². The van der Waals surface area contributed by atoms with Crippen LogP contribution in [-0.2, 0) is 11.4 Å². The SMILES string of the molecule is CC1=C(C(=O)Nc2ccccn2)C(c2ccc(OCc3ccccc3)cc2)n2nc(-c3cccnc3)nc2N1. The standard InChI is InChI=1S/C30H25N7O2/c1-20-26(29(38)34-25-11-5-6-17-32-25)27(37-30(33-20)35-28(36-37)23-10-7-16-31-18-23)22-12-14-24(15-13-22)39-19-21-8-3-2-4-9-21/h2-18,27H,19H2,1H3,(H,32,34,38)(H,33,35,36). The summed E-state index contributed by atoms with van der Waals surface area (Å²) in [5.41, 5.74) is 3.91. The van der Waals surface area contributed by atoms with E-state index in [0.717, 1.165) is 22.4 Å². The van der Waals surface area contributed by atoms with Gasteiger partial charge in [0, 0.05) is 29.9 Å². The van der Waals surface area contributed by atoms with Gasteiger partial charge in [-0.3, -0.25) is 9.78 Å². The fourth-order valence-corrected chi connectivity index (χ4v) is 4.48. The summed E-state index contributed by atoms with van der Waals surface area (Å²) >= 11 is 0. The number of benzene rings is 2. The van der Waals surface area contributed by atoms with Gasteiger partial charge in [0.25, 0.3) is 5.91 Å². The molecule has 2 N–H and O–H groups in total. The van der Waals surface area contributed by atoms with Gasteiger partial charge in [0.05, 0.1) is 5.57 Å². The number of carbonyl (C=O) groups excluding carboxylic acids is 1. The predicted molar refractivity (Wildman–Crippen MR) is 148 cm³/mol. The molecule has 9 nitrogen and oxygen atoms in total. The summed E-state index contributed by atoms with van der Waals surface area (Å²) in [6.45, 7) is 2.32. The molecular weight excluding hydrogens is 490 g/mol. The summed E-state index contributed by atoms with van der Waals surface area (Å²) in [6.07, 6.45) is 5.05. The summed E-state index contributed by atoms with van der Waals surface area (Å²) in [5.74, 6) is 1.96. The molecule has 2 aromatic carbocycles. The Labute approximate surface area is 225 Å². The van der Waals surface area contributed by atoms with Gasteiger partial charge in [-0.25, -0.2) is 9.67 Å². The third-order valence-electron chi connectivity index (χ3n) is 6.37. The molecule has 5 aromatic rings. The lowest BCUT2D eigenvalue weighted by molar-refractivity contribution is -0.113. The lowest BCUT2D eigenvalue weighted by Gasteiger charge is -2.28. The topological polar surface area (TPSA) is 107 Å². The van der Waals surface area contributed by atoms with Crippen molar-refractivity contribution >= 4 is 17.7 Å². The van der Waals surface area contributed by atoms with E-state index in [2.05, 4.69) is 20.6 Å². The maximum atomic E-state index is 13.6. The molecule has 9 heteroatoms. The molecule has 0 radical (unpaired) electrons. The highest BCUT2D eigenvalue weighted by atomic mass is 16.5. The first-order chi connectivity index (χ1) is 19.2. The maximum Gasteiger partial charge on any atom is 0.257 e. The van der Waals surface area contributed by atoms with Gasteiger partial charge >= 0.3 is 0 Å². The largest absolute Gasteiger partial charge is 0.489 e. The van der Waals surface area contributed by atoms with Gasteiger partial charge in [0.15, 0.2) is 5.82 Å². The molecule has 4 heterocycles. The second-order valence-electron chi connectivity index (χ2n) is 9.02. The Morgan fingerprint density at radius 3 is 2.54 bits per heavy atom. The summed E-state index contributed by atoms with van der Waals surface area (Å²) in [7, 11) is 0. The predicted octanol–water partition coefficient (Wildman–Crippen LogP) is 5.24. The summed E-state index contributed by atoms with van der Waals surface area (Å²) < 4.78 is 7.73. The summed E-state index contributed by atoms with van der Waals surface area (Å²) in [5, 5.41) is 11.0. The van der Waals surface area contributed by atoms with Crippen LogP contribution in [0.2, 0.25) is 0 Å². The van der Waals surface area contributed by atoms with Crippen LogP contribution in [0.5, 0.6) is 5.75 Å². The average molecular weight is 516 g/mol. The van der Waals surface area contributed by atoms with Crippen LogP contribution in [-0.4, -0.2) is 30.6 Å². The van der Waals surface area contributed by atoms with E-state index in [9.17, 15) is 4.79 Å². The third-order valence-corrected chi connectivity index (χ3v) is 6.37. The Kier molecular flexibility index (Phi) is 6.53. The van der Waals surface area contributed by atoms with E-state index >= 15 is 0 Å². The normalized spacial score (nSPS) is 14.3. The first kappa shape index (κ1) is 24.1. The van der Waals surface area contributed by atoms with Gasteiger partial charge in [0.1, 0.15) is 24.2 Å². The van der Waals surface area contributed by atoms with E-state index < -0.39 is 6.04 Å². The van der Waals surface area contributed by atoms with Crippen molar-refractivity contribution in [3.05, 3.63) is 126 Å². The smallest absolute Gasteiger partial charge is 0.257 e. The number of hydrogen-bond acceptors (Lipinski definition) is 7. The van der Waals surface area contributed by atoms with Crippen LogP contribution in [0.4, 0.5) is 11.8 Å². The van der Waals surface area contributed by atoms with Crippen molar-refractivity contribution in [1.29, 1.82) is 0 Å². The number of nitrogens with one attached hydrogen (secondary N) is 2. The third kappa shape index (κ3) is 5.10. The molecule has 0 aliphatic carbocycles. The molecule has 0 saturated heterocycles. The number of aromatic nitrogens is 5. The molecule has 1 amide bonds. The van der Waals surface area contributed by atoms with Crippen LogP contribution < -0.4 is 15.4 Å². The van der Waals surface area contributed by atoms with Crippen molar-refractivity contribution in [3.8, 4) is 17.1 Å². The van der Waals surface area contributed by atoms with Crippen molar-refractivity contribution in [2.75, 3.05) is 10.6 Å². The van der Waals surface area contributed by atoms with E-state index in [1.165, 1.54) is 0 Å². The van der Waals surface area contributed by atoms with Gasteiger partial charge in [-0.1, -0.05) is 48.5 Å². The van der Waals surface area contributed by atoms with E-state index in [1.54, 1.807) is 35.4 Å². The molecule has 3 aromatic heterocycles. The van der Waals surface area contributed by atoms with Crippen molar-refractivity contribution in [2.24, 2.45) is 0 Å². The number of carbonyl (C=O) groups is 1. The summed E-state index contributed by atoms with van der Waals surface area (Å²) in [4.78, 5) is 26.8. The molecule has 1 aliphatic rings. The monoisotopic (exact) mass is 515 g/mol. The van der Waals surface area contributed by atoms with E-state index in [-0.39, 0.29) is 5.91 Å². The maximum absolute atomic E-state index is 13.6. The van der Waals surface area contributed by atoms with Crippen LogP contribution >= 0.6 is 0 Å². The lowest BCUT2D eigenvalue weighted by atomic mass is 9.95. The highest BCUT2D eigenvalue weighted by Crippen LogP contribution is 2.37. The Balaban J connectivity index is 1.35. The number of rotatable bonds is 7. The summed E-state index contributed by atoms with van der Waals surface area (Å²) in [6, 6.07) is 26.3. The van der Waals surface area contributed by atoms with Crippen molar-refractivity contribution < 1.29 is 9.53 Å². The second-order valence-corrected chi connectivity index (χ2v) is 9.02. The second kappa shape index (κ2) is 10.6. The number of anilines is 2. The molecule has 6 rings (SSSR count). The van der Waals surface area contributed by atoms with Gasteiger partial charge in [-0.2, -0.15) is 4.98 Å². The fourth-order valence-electron chi connectivity index (χ4n) is 4.48. The number of pyridine rings is 2. The molecular formula is C30H25N7O2. The van der Waals surface area contributed by atoms with Crippen molar-refractivity contribution in [1.82, 2.24) is 24.7 Å². The fraction of sp³-hybridized carbons (Fsp3) is 0.100.